The maximum Gasteiger partial charge on any atom is 0.303 e. The van der Waals surface area contributed by atoms with E-state index in [1.807, 2.05) is 0 Å². The lowest BCUT2D eigenvalue weighted by atomic mass is 9.40. The molecule has 0 radical (unpaired) electrons. The molecule has 0 unspecified atom stereocenters. The molecular formula is C36H24B2N2. The van der Waals surface area contributed by atoms with Gasteiger partial charge in [-0.05, 0) is 67.4 Å². The van der Waals surface area contributed by atoms with Crippen molar-refractivity contribution in [2.75, 3.05) is 5.01 Å². The second kappa shape index (κ2) is 8.35. The molecule has 6 aromatic rings. The van der Waals surface area contributed by atoms with E-state index in [-0.39, 0.29) is 13.7 Å². The second-order valence-electron chi connectivity index (χ2n) is 10.9. The number of fused-ring (bicyclic) bond motifs is 11. The van der Waals surface area contributed by atoms with Crippen molar-refractivity contribution in [3.63, 3.8) is 0 Å². The molecule has 0 bridgehead atoms. The van der Waals surface area contributed by atoms with E-state index in [1.54, 1.807) is 0 Å². The van der Waals surface area contributed by atoms with Crippen LogP contribution in [0.3, 0.4) is 0 Å². The maximum atomic E-state index is 2.67. The maximum absolute atomic E-state index is 2.67. The van der Waals surface area contributed by atoms with Crippen molar-refractivity contribution in [3.05, 3.63) is 146 Å². The van der Waals surface area contributed by atoms with Gasteiger partial charge in [0.15, 0.2) is 0 Å². The molecule has 4 heteroatoms. The van der Waals surface area contributed by atoms with Gasteiger partial charge in [-0.2, -0.15) is 0 Å². The first-order valence-corrected chi connectivity index (χ1v) is 14.0. The minimum Gasteiger partial charge on any atom is -0.295 e. The highest BCUT2D eigenvalue weighted by Crippen LogP contribution is 2.43. The van der Waals surface area contributed by atoms with E-state index >= 15 is 0 Å². The zero-order valence-corrected chi connectivity index (χ0v) is 21.9. The van der Waals surface area contributed by atoms with Gasteiger partial charge in [-0.3, -0.25) is 9.84 Å². The number of hydrogen-bond donors (Lipinski definition) is 0. The van der Waals surface area contributed by atoms with Crippen LogP contribution in [0.25, 0.3) is 33.4 Å². The summed E-state index contributed by atoms with van der Waals surface area (Å²) in [5.41, 5.74) is 15.8. The predicted octanol–water partition coefficient (Wildman–Crippen LogP) is 5.59. The lowest BCUT2D eigenvalue weighted by molar-refractivity contribution is 0.721. The van der Waals surface area contributed by atoms with Gasteiger partial charge in [0.2, 0.25) is 0 Å². The van der Waals surface area contributed by atoms with Gasteiger partial charge in [-0.1, -0.05) is 133 Å². The van der Waals surface area contributed by atoms with Crippen molar-refractivity contribution in [1.29, 1.82) is 0 Å². The molecule has 184 valence electrons. The SMILES string of the molecule is c1ccc(-c2cccc3c2B2c4ccccc4-c4ccccc4B4c5c(-c6ccccc6)cccc5N3N24)cc1. The molecule has 3 aliphatic rings. The average Bonchev–Trinajstić information content (AvgIpc) is 3.50. The largest absolute Gasteiger partial charge is 0.303 e. The Morgan fingerprint density at radius 1 is 0.350 bits per heavy atom. The molecule has 6 aromatic carbocycles. The van der Waals surface area contributed by atoms with Gasteiger partial charge in [0.1, 0.15) is 0 Å². The topological polar surface area (TPSA) is 6.48 Å². The Kier molecular flexibility index (Phi) is 4.61. The van der Waals surface area contributed by atoms with Gasteiger partial charge in [-0.15, -0.1) is 0 Å². The number of nitrogens with zero attached hydrogens (tertiary/aromatic N) is 2. The molecular weight excluding hydrogens is 482 g/mol. The Bertz CT molecular complexity index is 1800. The summed E-state index contributed by atoms with van der Waals surface area (Å²) < 4.78 is 0. The summed E-state index contributed by atoms with van der Waals surface area (Å²) >= 11 is 0. The number of hydrogen-bond acceptors (Lipinski definition) is 2. The summed E-state index contributed by atoms with van der Waals surface area (Å²) in [6.07, 6.45) is 0. The summed E-state index contributed by atoms with van der Waals surface area (Å²) in [5.74, 6) is 0. The third-order valence-corrected chi connectivity index (χ3v) is 8.90. The van der Waals surface area contributed by atoms with Crippen LogP contribution in [0, 0.1) is 0 Å². The standard InChI is InChI=1S/C36H24B2N2/c1-3-13-25(14-4-1)27-19-11-23-33-35(27)37-31-21-9-7-17-29(31)30-18-8-10-22-32(30)38-36-28(26-15-5-2-6-16-26)20-12-24-34(36)39(33)40(37)38/h1-24H. The normalized spacial score (nSPS) is 14.2. The summed E-state index contributed by atoms with van der Waals surface area (Å²) in [6, 6.07) is 53.5. The van der Waals surface area contributed by atoms with Crippen LogP contribution >= 0.6 is 0 Å². The third kappa shape index (κ3) is 2.89. The Morgan fingerprint density at radius 3 is 1.23 bits per heavy atom. The van der Waals surface area contributed by atoms with Gasteiger partial charge in [-0.25, -0.2) is 0 Å². The van der Waals surface area contributed by atoms with Crippen LogP contribution in [0.1, 0.15) is 0 Å². The molecule has 0 saturated heterocycles. The van der Waals surface area contributed by atoms with Crippen molar-refractivity contribution in [3.8, 4) is 33.4 Å². The van der Waals surface area contributed by atoms with Gasteiger partial charge in [0.25, 0.3) is 0 Å². The van der Waals surface area contributed by atoms with Crippen LogP contribution in [0.2, 0.25) is 0 Å². The van der Waals surface area contributed by atoms with Crippen molar-refractivity contribution in [2.24, 2.45) is 0 Å². The van der Waals surface area contributed by atoms with E-state index in [0.29, 0.717) is 0 Å². The molecule has 0 N–H and O–H groups in total. The Morgan fingerprint density at radius 2 is 0.750 bits per heavy atom. The van der Waals surface area contributed by atoms with E-state index < -0.39 is 0 Å². The van der Waals surface area contributed by atoms with Crippen LogP contribution in [0.15, 0.2) is 146 Å². The van der Waals surface area contributed by atoms with Crippen LogP contribution in [0.4, 0.5) is 11.4 Å². The first kappa shape index (κ1) is 22.1. The Hall–Kier alpha value is -4.79. The average molecular weight is 506 g/mol. The molecule has 2 nitrogen and oxygen atoms in total. The van der Waals surface area contributed by atoms with Crippen molar-refractivity contribution >= 4 is 46.9 Å². The predicted molar refractivity (Wildman–Crippen MR) is 170 cm³/mol. The van der Waals surface area contributed by atoms with E-state index in [1.165, 1.54) is 66.6 Å². The van der Waals surface area contributed by atoms with Crippen LogP contribution in [-0.2, 0) is 0 Å². The van der Waals surface area contributed by atoms with Crippen molar-refractivity contribution < 1.29 is 0 Å². The van der Waals surface area contributed by atoms with E-state index in [0.717, 1.165) is 0 Å². The lowest BCUT2D eigenvalue weighted by Gasteiger charge is -2.30. The minimum atomic E-state index is 0.0797. The number of anilines is 2. The zero-order chi connectivity index (χ0) is 26.2. The van der Waals surface area contributed by atoms with Gasteiger partial charge in [0, 0.05) is 0 Å². The zero-order valence-electron chi connectivity index (χ0n) is 21.9. The molecule has 0 aromatic heterocycles. The van der Waals surface area contributed by atoms with Crippen molar-refractivity contribution in [2.45, 2.75) is 0 Å². The number of rotatable bonds is 2. The van der Waals surface area contributed by atoms with Gasteiger partial charge < -0.3 is 0 Å². The summed E-state index contributed by atoms with van der Waals surface area (Å²) in [7, 11) is 0. The Balaban J connectivity index is 1.42. The molecule has 0 aliphatic carbocycles. The van der Waals surface area contributed by atoms with Crippen LogP contribution in [0.5, 0.6) is 0 Å². The highest BCUT2D eigenvalue weighted by Gasteiger charge is 2.56. The first-order chi connectivity index (χ1) is 19.9. The number of hydrazine groups is 1. The minimum absolute atomic E-state index is 0.0797. The molecule has 0 saturated carbocycles. The quantitative estimate of drug-likeness (QED) is 0.283. The van der Waals surface area contributed by atoms with Crippen LogP contribution in [-0.4, -0.2) is 18.5 Å². The molecule has 0 fully saturated rings. The molecule has 0 spiro atoms. The monoisotopic (exact) mass is 506 g/mol. The fraction of sp³-hybridized carbons (Fsp3) is 0. The molecule has 40 heavy (non-hydrogen) atoms. The molecule has 0 amide bonds. The highest BCUT2D eigenvalue weighted by molar-refractivity contribution is 7.03. The summed E-state index contributed by atoms with van der Waals surface area (Å²) in [4.78, 5) is 2.67. The van der Waals surface area contributed by atoms with Crippen LogP contribution < -0.4 is 26.9 Å². The second-order valence-corrected chi connectivity index (χ2v) is 10.9. The fourth-order valence-corrected chi connectivity index (χ4v) is 7.37. The summed E-state index contributed by atoms with van der Waals surface area (Å²) in [6.45, 7) is 0.159. The fourth-order valence-electron chi connectivity index (χ4n) is 7.37. The molecule has 0 atom stereocenters. The third-order valence-electron chi connectivity index (χ3n) is 8.90. The van der Waals surface area contributed by atoms with Crippen molar-refractivity contribution in [1.82, 2.24) is 4.83 Å². The molecule has 9 rings (SSSR count). The molecule has 3 heterocycles. The van der Waals surface area contributed by atoms with E-state index in [2.05, 4.69) is 155 Å². The smallest absolute Gasteiger partial charge is 0.295 e. The van der Waals surface area contributed by atoms with Gasteiger partial charge in [0.05, 0.1) is 11.4 Å². The highest BCUT2D eigenvalue weighted by atomic mass is 15.6. The molecule has 3 aliphatic heterocycles. The lowest BCUT2D eigenvalue weighted by Crippen LogP contribution is -2.63. The van der Waals surface area contributed by atoms with Gasteiger partial charge >= 0.3 is 13.7 Å². The Labute approximate surface area is 235 Å². The summed E-state index contributed by atoms with van der Waals surface area (Å²) in [5, 5.41) is 2.53. The van der Waals surface area contributed by atoms with E-state index in [9.17, 15) is 0 Å². The number of benzene rings is 6. The van der Waals surface area contributed by atoms with E-state index in [4.69, 9.17) is 0 Å². The first-order valence-electron chi connectivity index (χ1n) is 14.0.